The van der Waals surface area contributed by atoms with Crippen molar-refractivity contribution in [3.8, 4) is 0 Å². The molecule has 7 nitrogen and oxygen atoms in total. The van der Waals surface area contributed by atoms with Gasteiger partial charge in [0.2, 0.25) is 5.91 Å². The number of carboxylic acid groups (broad SMARTS) is 1. The van der Waals surface area contributed by atoms with Crippen LogP contribution in [0.4, 0.5) is 11.4 Å². The van der Waals surface area contributed by atoms with Crippen LogP contribution >= 0.6 is 11.6 Å². The molecule has 0 spiro atoms. The second kappa shape index (κ2) is 5.62. The smallest absolute Gasteiger partial charge is 0.358 e. The second-order valence-corrected chi connectivity index (χ2v) is 4.43. The summed E-state index contributed by atoms with van der Waals surface area (Å²) >= 11 is 5.73. The van der Waals surface area contributed by atoms with Gasteiger partial charge in [0.25, 0.3) is 0 Å². The van der Waals surface area contributed by atoms with Crippen LogP contribution in [0.5, 0.6) is 0 Å². The number of carboxylic acids is 1. The predicted molar refractivity (Wildman–Crippen MR) is 73.7 cm³/mol. The summed E-state index contributed by atoms with van der Waals surface area (Å²) in [5.41, 5.74) is 5.80. The summed E-state index contributed by atoms with van der Waals surface area (Å²) in [6.07, 6.45) is 1.30. The lowest BCUT2D eigenvalue weighted by atomic mass is 10.3. The molecule has 0 aliphatic carbocycles. The van der Waals surface area contributed by atoms with E-state index in [1.54, 1.807) is 24.3 Å². The number of carbonyl (C=O) groups is 2. The normalized spacial score (nSPS) is 10.2. The van der Waals surface area contributed by atoms with Gasteiger partial charge in [-0.15, -0.1) is 0 Å². The largest absolute Gasteiger partial charge is 0.476 e. The number of nitrogens with one attached hydrogen (secondary N) is 1. The van der Waals surface area contributed by atoms with Crippen molar-refractivity contribution in [1.82, 2.24) is 9.78 Å². The minimum absolute atomic E-state index is 0.0109. The molecule has 1 amide bonds. The average molecular weight is 295 g/mol. The number of aromatic nitrogens is 2. The van der Waals surface area contributed by atoms with Gasteiger partial charge in [-0.25, -0.2) is 4.79 Å². The van der Waals surface area contributed by atoms with Crippen LogP contribution in [0.3, 0.4) is 0 Å². The molecule has 0 bridgehead atoms. The molecule has 0 saturated heterocycles. The maximum absolute atomic E-state index is 11.8. The molecule has 0 radical (unpaired) electrons. The van der Waals surface area contributed by atoms with Crippen LogP contribution in [0.1, 0.15) is 10.5 Å². The summed E-state index contributed by atoms with van der Waals surface area (Å²) < 4.78 is 1.17. The Hall–Kier alpha value is -2.54. The number of nitrogen functional groups attached to an aromatic ring is 1. The van der Waals surface area contributed by atoms with Crippen LogP contribution < -0.4 is 11.1 Å². The van der Waals surface area contributed by atoms with Crippen LogP contribution in [-0.4, -0.2) is 26.8 Å². The summed E-state index contributed by atoms with van der Waals surface area (Å²) in [5.74, 6) is -1.59. The number of nitrogens with two attached hydrogens (primary N) is 1. The van der Waals surface area contributed by atoms with Gasteiger partial charge < -0.3 is 16.2 Å². The number of amides is 1. The van der Waals surface area contributed by atoms with Gasteiger partial charge in [0.15, 0.2) is 5.69 Å². The van der Waals surface area contributed by atoms with Gasteiger partial charge in [0, 0.05) is 16.9 Å². The standard InChI is InChI=1S/C12H11ClN4O3/c13-7-1-3-8(4-2-7)15-10(18)6-17-5-9(14)11(16-17)12(19)20/h1-5H,6,14H2,(H,15,18)(H,19,20). The van der Waals surface area contributed by atoms with E-state index < -0.39 is 5.97 Å². The quantitative estimate of drug-likeness (QED) is 0.790. The highest BCUT2D eigenvalue weighted by Crippen LogP contribution is 2.13. The van der Waals surface area contributed by atoms with E-state index in [0.29, 0.717) is 10.7 Å². The van der Waals surface area contributed by atoms with Crippen molar-refractivity contribution < 1.29 is 14.7 Å². The maximum atomic E-state index is 11.8. The zero-order valence-electron chi connectivity index (χ0n) is 10.2. The molecular weight excluding hydrogens is 284 g/mol. The number of halogens is 1. The molecule has 8 heteroatoms. The monoisotopic (exact) mass is 294 g/mol. The summed E-state index contributed by atoms with van der Waals surface area (Å²) in [7, 11) is 0. The molecule has 0 atom stereocenters. The van der Waals surface area contributed by atoms with E-state index in [0.717, 1.165) is 0 Å². The van der Waals surface area contributed by atoms with E-state index in [9.17, 15) is 9.59 Å². The third kappa shape index (κ3) is 3.27. The van der Waals surface area contributed by atoms with Crippen LogP contribution in [0.15, 0.2) is 30.5 Å². The molecule has 4 N–H and O–H groups in total. The number of carbonyl (C=O) groups excluding carboxylic acids is 1. The highest BCUT2D eigenvalue weighted by Gasteiger charge is 2.14. The number of hydrogen-bond acceptors (Lipinski definition) is 4. The van der Waals surface area contributed by atoms with E-state index in [2.05, 4.69) is 10.4 Å². The molecule has 2 rings (SSSR count). The molecule has 0 unspecified atom stereocenters. The van der Waals surface area contributed by atoms with Crippen LogP contribution in [0.2, 0.25) is 5.02 Å². The van der Waals surface area contributed by atoms with Crippen molar-refractivity contribution in [2.24, 2.45) is 0 Å². The van der Waals surface area contributed by atoms with E-state index in [1.165, 1.54) is 10.9 Å². The Bertz CT molecular complexity index is 651. The minimum Gasteiger partial charge on any atom is -0.476 e. The molecule has 20 heavy (non-hydrogen) atoms. The van der Waals surface area contributed by atoms with E-state index in [-0.39, 0.29) is 23.8 Å². The van der Waals surface area contributed by atoms with Gasteiger partial charge in [-0.2, -0.15) is 5.10 Å². The number of anilines is 2. The first-order valence-electron chi connectivity index (χ1n) is 5.57. The van der Waals surface area contributed by atoms with Gasteiger partial charge in [0.1, 0.15) is 6.54 Å². The Kier molecular flexibility index (Phi) is 3.90. The zero-order chi connectivity index (χ0) is 14.7. The highest BCUT2D eigenvalue weighted by molar-refractivity contribution is 6.30. The molecule has 0 aliphatic rings. The fourth-order valence-corrected chi connectivity index (χ4v) is 1.69. The fraction of sp³-hybridized carbons (Fsp3) is 0.0833. The number of hydrogen-bond donors (Lipinski definition) is 3. The highest BCUT2D eigenvalue weighted by atomic mass is 35.5. The van der Waals surface area contributed by atoms with Gasteiger partial charge in [-0.3, -0.25) is 9.48 Å². The van der Waals surface area contributed by atoms with Crippen molar-refractivity contribution in [1.29, 1.82) is 0 Å². The zero-order valence-corrected chi connectivity index (χ0v) is 11.0. The predicted octanol–water partition coefficient (Wildman–Crippen LogP) is 1.46. The van der Waals surface area contributed by atoms with Gasteiger partial charge in [0.05, 0.1) is 5.69 Å². The number of nitrogens with zero attached hydrogens (tertiary/aromatic N) is 2. The number of rotatable bonds is 4. The molecule has 0 fully saturated rings. The molecule has 1 heterocycles. The Balaban J connectivity index is 2.03. The molecular formula is C12H11ClN4O3. The summed E-state index contributed by atoms with van der Waals surface area (Å²) in [5, 5.41) is 15.7. The van der Waals surface area contributed by atoms with Crippen LogP contribution in [0.25, 0.3) is 0 Å². The minimum atomic E-state index is -1.24. The summed E-state index contributed by atoms with van der Waals surface area (Å²) in [6.45, 7) is -0.139. The van der Waals surface area contributed by atoms with Crippen molar-refractivity contribution in [2.75, 3.05) is 11.1 Å². The lowest BCUT2D eigenvalue weighted by molar-refractivity contribution is -0.116. The fourth-order valence-electron chi connectivity index (χ4n) is 1.56. The van der Waals surface area contributed by atoms with E-state index in [1.807, 2.05) is 0 Å². The summed E-state index contributed by atoms with van der Waals surface area (Å²) in [6, 6.07) is 6.60. The first kappa shape index (κ1) is 13.9. The van der Waals surface area contributed by atoms with Gasteiger partial charge in [-0.1, -0.05) is 11.6 Å². The summed E-state index contributed by atoms with van der Waals surface area (Å²) in [4.78, 5) is 22.5. The Labute approximate surface area is 119 Å². The van der Waals surface area contributed by atoms with Crippen molar-refractivity contribution in [3.05, 3.63) is 41.2 Å². The average Bonchev–Trinajstić information content (AvgIpc) is 2.73. The molecule has 2 aromatic rings. The second-order valence-electron chi connectivity index (χ2n) is 3.99. The van der Waals surface area contributed by atoms with Gasteiger partial charge in [-0.05, 0) is 24.3 Å². The SMILES string of the molecule is Nc1cn(CC(=O)Nc2ccc(Cl)cc2)nc1C(=O)O. The van der Waals surface area contributed by atoms with Gasteiger partial charge >= 0.3 is 5.97 Å². The third-order valence-electron chi connectivity index (χ3n) is 2.43. The topological polar surface area (TPSA) is 110 Å². The van der Waals surface area contributed by atoms with E-state index >= 15 is 0 Å². The maximum Gasteiger partial charge on any atom is 0.358 e. The van der Waals surface area contributed by atoms with Crippen LogP contribution in [0, 0.1) is 0 Å². The Morgan fingerprint density at radius 3 is 2.55 bits per heavy atom. The molecule has 0 aliphatic heterocycles. The Morgan fingerprint density at radius 2 is 2.00 bits per heavy atom. The van der Waals surface area contributed by atoms with Crippen molar-refractivity contribution in [3.63, 3.8) is 0 Å². The van der Waals surface area contributed by atoms with Crippen molar-refractivity contribution in [2.45, 2.75) is 6.54 Å². The number of benzene rings is 1. The van der Waals surface area contributed by atoms with E-state index in [4.69, 9.17) is 22.4 Å². The molecule has 1 aromatic carbocycles. The van der Waals surface area contributed by atoms with Crippen LogP contribution in [-0.2, 0) is 11.3 Å². The van der Waals surface area contributed by atoms with Crippen molar-refractivity contribution >= 4 is 34.9 Å². The first-order valence-corrected chi connectivity index (χ1v) is 5.95. The Morgan fingerprint density at radius 1 is 1.35 bits per heavy atom. The molecule has 104 valence electrons. The lowest BCUT2D eigenvalue weighted by Crippen LogP contribution is -2.19. The molecule has 0 saturated carbocycles. The third-order valence-corrected chi connectivity index (χ3v) is 2.68. The molecule has 1 aromatic heterocycles. The lowest BCUT2D eigenvalue weighted by Gasteiger charge is -2.05. The first-order chi connectivity index (χ1) is 9.45. The number of aromatic carboxylic acids is 1.